The average Bonchev–Trinajstić information content (AvgIpc) is 2.64. The Bertz CT molecular complexity index is 764. The quantitative estimate of drug-likeness (QED) is 0.861. The van der Waals surface area contributed by atoms with Gasteiger partial charge in [-0.1, -0.05) is 11.6 Å². The predicted molar refractivity (Wildman–Crippen MR) is 84.4 cm³/mol. The molecule has 0 aromatic carbocycles. The van der Waals surface area contributed by atoms with Gasteiger partial charge in [0.2, 0.25) is 0 Å². The molecule has 0 amide bonds. The van der Waals surface area contributed by atoms with Crippen molar-refractivity contribution < 1.29 is 0 Å². The van der Waals surface area contributed by atoms with Gasteiger partial charge in [0.05, 0.1) is 17.2 Å². The van der Waals surface area contributed by atoms with Crippen LogP contribution in [0.4, 0.5) is 0 Å². The molecule has 3 rings (SSSR count). The van der Waals surface area contributed by atoms with Gasteiger partial charge in [0.25, 0.3) is 0 Å². The van der Waals surface area contributed by atoms with Crippen molar-refractivity contribution in [1.82, 2.24) is 19.4 Å². The maximum absolute atomic E-state index is 12.2. The van der Waals surface area contributed by atoms with Crippen LogP contribution in [0.25, 0.3) is 11.0 Å². The number of aryl methyl sites for hydroxylation is 1. The predicted octanol–water partition coefficient (Wildman–Crippen LogP) is 2.20. The van der Waals surface area contributed by atoms with E-state index >= 15 is 0 Å². The van der Waals surface area contributed by atoms with Crippen LogP contribution in [0, 0.1) is 6.92 Å². The van der Waals surface area contributed by atoms with E-state index in [2.05, 4.69) is 41.7 Å². The third-order valence-electron chi connectivity index (χ3n) is 4.29. The standard InChI is InChI=1S/C16H22N4O/c1-10(2)5-6-19-9-13-12(4)17-7-14-15(13)20(8-11(19)3)16(21)18-14/h5,7,11H,6,8-9H2,1-4H3,(H,18,21)/t11-/m0/s1. The number of pyridine rings is 1. The molecule has 1 aliphatic rings. The summed E-state index contributed by atoms with van der Waals surface area (Å²) in [5.41, 5.74) is 5.33. The van der Waals surface area contributed by atoms with E-state index in [1.807, 2.05) is 11.5 Å². The molecule has 5 heteroatoms. The number of nitrogens with one attached hydrogen (secondary N) is 1. The first-order valence-corrected chi connectivity index (χ1v) is 7.41. The molecule has 0 radical (unpaired) electrons. The number of allylic oxidation sites excluding steroid dienone is 1. The van der Waals surface area contributed by atoms with Gasteiger partial charge >= 0.3 is 5.69 Å². The van der Waals surface area contributed by atoms with Crippen molar-refractivity contribution in [3.63, 3.8) is 0 Å². The van der Waals surface area contributed by atoms with Crippen molar-refractivity contribution in [2.45, 2.75) is 46.8 Å². The van der Waals surface area contributed by atoms with E-state index in [1.165, 1.54) is 5.57 Å². The summed E-state index contributed by atoms with van der Waals surface area (Å²) in [6, 6.07) is 0.309. The SMILES string of the molecule is CC(C)=CCN1Cc2c(C)ncc3[nH]c(=O)n(c23)C[C@@H]1C. The van der Waals surface area contributed by atoms with Crippen molar-refractivity contribution in [3.05, 3.63) is 39.6 Å². The molecule has 0 spiro atoms. The topological polar surface area (TPSA) is 53.9 Å². The Morgan fingerprint density at radius 2 is 2.29 bits per heavy atom. The molecule has 0 saturated carbocycles. The molecule has 1 aliphatic heterocycles. The first-order chi connectivity index (χ1) is 9.97. The highest BCUT2D eigenvalue weighted by molar-refractivity contribution is 5.79. The molecule has 0 aliphatic carbocycles. The minimum atomic E-state index is -0.0328. The highest BCUT2D eigenvalue weighted by atomic mass is 16.1. The van der Waals surface area contributed by atoms with Crippen molar-refractivity contribution in [2.75, 3.05) is 6.54 Å². The number of H-pyrrole nitrogens is 1. The second-order valence-electron chi connectivity index (χ2n) is 6.19. The Balaban J connectivity index is 2.12. The fraction of sp³-hybridized carbons (Fsp3) is 0.500. The molecular weight excluding hydrogens is 264 g/mol. The number of nitrogens with zero attached hydrogens (tertiary/aromatic N) is 3. The average molecular weight is 286 g/mol. The number of rotatable bonds is 2. The molecule has 2 aromatic rings. The lowest BCUT2D eigenvalue weighted by Crippen LogP contribution is -2.36. The Labute approximate surface area is 124 Å². The van der Waals surface area contributed by atoms with E-state index in [1.54, 1.807) is 6.20 Å². The summed E-state index contributed by atoms with van der Waals surface area (Å²) in [7, 11) is 0. The molecule has 2 aromatic heterocycles. The first-order valence-electron chi connectivity index (χ1n) is 7.41. The van der Waals surface area contributed by atoms with Crippen molar-refractivity contribution in [2.24, 2.45) is 0 Å². The molecule has 1 N–H and O–H groups in total. The van der Waals surface area contributed by atoms with Crippen LogP contribution in [-0.2, 0) is 13.1 Å². The van der Waals surface area contributed by atoms with Gasteiger partial charge in [0.15, 0.2) is 0 Å². The lowest BCUT2D eigenvalue weighted by atomic mass is 10.1. The summed E-state index contributed by atoms with van der Waals surface area (Å²) >= 11 is 0. The summed E-state index contributed by atoms with van der Waals surface area (Å²) < 4.78 is 1.87. The van der Waals surface area contributed by atoms with Gasteiger partial charge in [0, 0.05) is 36.9 Å². The third-order valence-corrected chi connectivity index (χ3v) is 4.29. The van der Waals surface area contributed by atoms with Crippen molar-refractivity contribution >= 4 is 11.0 Å². The van der Waals surface area contributed by atoms with Crippen LogP contribution in [-0.4, -0.2) is 32.0 Å². The summed E-state index contributed by atoms with van der Waals surface area (Å²) in [6.45, 7) is 10.9. The van der Waals surface area contributed by atoms with E-state index in [9.17, 15) is 4.79 Å². The zero-order valence-corrected chi connectivity index (χ0v) is 13.1. The first kappa shape index (κ1) is 14.1. The molecule has 1 atom stereocenters. The Morgan fingerprint density at radius 3 is 3.00 bits per heavy atom. The van der Waals surface area contributed by atoms with Crippen LogP contribution >= 0.6 is 0 Å². The van der Waals surface area contributed by atoms with Crippen LogP contribution in [0.2, 0.25) is 0 Å². The smallest absolute Gasteiger partial charge is 0.304 e. The molecule has 3 heterocycles. The maximum Gasteiger partial charge on any atom is 0.326 e. The highest BCUT2D eigenvalue weighted by Crippen LogP contribution is 2.24. The molecule has 112 valence electrons. The molecule has 0 bridgehead atoms. The Hall–Kier alpha value is -1.88. The van der Waals surface area contributed by atoms with Gasteiger partial charge in [-0.2, -0.15) is 0 Å². The van der Waals surface area contributed by atoms with Gasteiger partial charge in [-0.15, -0.1) is 0 Å². The van der Waals surface area contributed by atoms with Gasteiger partial charge in [-0.3, -0.25) is 14.5 Å². The second kappa shape index (κ2) is 5.15. The Kier molecular flexibility index (Phi) is 3.45. The van der Waals surface area contributed by atoms with E-state index in [4.69, 9.17) is 0 Å². The molecule has 0 unspecified atom stereocenters. The highest BCUT2D eigenvalue weighted by Gasteiger charge is 2.24. The van der Waals surface area contributed by atoms with Crippen molar-refractivity contribution in [1.29, 1.82) is 0 Å². The van der Waals surface area contributed by atoms with Crippen LogP contribution < -0.4 is 5.69 Å². The maximum atomic E-state index is 12.2. The Morgan fingerprint density at radius 1 is 1.52 bits per heavy atom. The minimum Gasteiger partial charge on any atom is -0.304 e. The van der Waals surface area contributed by atoms with E-state index in [0.717, 1.165) is 35.4 Å². The number of aromatic nitrogens is 3. The molecule has 21 heavy (non-hydrogen) atoms. The van der Waals surface area contributed by atoms with E-state index in [-0.39, 0.29) is 5.69 Å². The van der Waals surface area contributed by atoms with Gasteiger partial charge in [-0.05, 0) is 27.7 Å². The van der Waals surface area contributed by atoms with Crippen LogP contribution in [0.3, 0.4) is 0 Å². The molecule has 5 nitrogen and oxygen atoms in total. The molecule has 0 saturated heterocycles. The zero-order chi connectivity index (χ0) is 15.1. The molecule has 0 fully saturated rings. The second-order valence-corrected chi connectivity index (χ2v) is 6.19. The summed E-state index contributed by atoms with van der Waals surface area (Å²) in [5, 5.41) is 0. The van der Waals surface area contributed by atoms with Crippen LogP contribution in [0.15, 0.2) is 22.6 Å². The van der Waals surface area contributed by atoms with Crippen LogP contribution in [0.5, 0.6) is 0 Å². The van der Waals surface area contributed by atoms with E-state index in [0.29, 0.717) is 12.6 Å². The minimum absolute atomic E-state index is 0.0328. The van der Waals surface area contributed by atoms with Crippen LogP contribution in [0.1, 0.15) is 32.0 Å². The van der Waals surface area contributed by atoms with Gasteiger partial charge in [0.1, 0.15) is 0 Å². The number of imidazole rings is 1. The summed E-state index contributed by atoms with van der Waals surface area (Å²) in [4.78, 5) is 21.9. The summed E-state index contributed by atoms with van der Waals surface area (Å²) in [5.74, 6) is 0. The lowest BCUT2D eigenvalue weighted by Gasteiger charge is -2.26. The monoisotopic (exact) mass is 286 g/mol. The summed E-state index contributed by atoms with van der Waals surface area (Å²) in [6.07, 6.45) is 4.01. The largest absolute Gasteiger partial charge is 0.326 e. The number of hydrogen-bond donors (Lipinski definition) is 1. The third kappa shape index (κ3) is 2.42. The van der Waals surface area contributed by atoms with E-state index < -0.39 is 0 Å². The van der Waals surface area contributed by atoms with Gasteiger partial charge < -0.3 is 4.98 Å². The fourth-order valence-electron chi connectivity index (χ4n) is 2.96. The van der Waals surface area contributed by atoms with Crippen molar-refractivity contribution in [3.8, 4) is 0 Å². The zero-order valence-electron chi connectivity index (χ0n) is 13.1. The number of aromatic amines is 1. The number of hydrogen-bond acceptors (Lipinski definition) is 3. The van der Waals surface area contributed by atoms with Gasteiger partial charge in [-0.25, -0.2) is 4.79 Å². The fourth-order valence-corrected chi connectivity index (χ4v) is 2.96. The normalized spacial score (nSPS) is 18.8. The molecular formula is C16H22N4O. The lowest BCUT2D eigenvalue weighted by molar-refractivity contribution is 0.209.